The SMILES string of the molecule is C=CCCCCOC(=O)CC(=O)OCC. The van der Waals surface area contributed by atoms with Crippen molar-refractivity contribution in [3.63, 3.8) is 0 Å². The summed E-state index contributed by atoms with van der Waals surface area (Å²) in [5.74, 6) is -1.05. The van der Waals surface area contributed by atoms with Gasteiger partial charge in [-0.2, -0.15) is 0 Å². The quantitative estimate of drug-likeness (QED) is 0.268. The number of carbonyl (C=O) groups is 2. The van der Waals surface area contributed by atoms with Gasteiger partial charge in [-0.3, -0.25) is 9.59 Å². The molecule has 4 heteroatoms. The smallest absolute Gasteiger partial charge is 0.317 e. The predicted molar refractivity (Wildman–Crippen MR) is 56.3 cm³/mol. The molecule has 0 fully saturated rings. The fraction of sp³-hybridized carbons (Fsp3) is 0.636. The maximum absolute atomic E-state index is 11.0. The zero-order chi connectivity index (χ0) is 11.5. The zero-order valence-corrected chi connectivity index (χ0v) is 9.16. The molecule has 0 bridgehead atoms. The molecule has 4 nitrogen and oxygen atoms in total. The highest BCUT2D eigenvalue weighted by atomic mass is 16.6. The number of rotatable bonds is 8. The van der Waals surface area contributed by atoms with Gasteiger partial charge < -0.3 is 9.47 Å². The van der Waals surface area contributed by atoms with Crippen LogP contribution in [-0.4, -0.2) is 25.2 Å². The first-order valence-corrected chi connectivity index (χ1v) is 5.12. The van der Waals surface area contributed by atoms with E-state index >= 15 is 0 Å². The van der Waals surface area contributed by atoms with Gasteiger partial charge in [0.25, 0.3) is 0 Å². The first-order valence-electron chi connectivity index (χ1n) is 5.12. The van der Waals surface area contributed by atoms with Crippen molar-refractivity contribution >= 4 is 11.9 Å². The average molecular weight is 214 g/mol. The molecule has 0 aliphatic heterocycles. The van der Waals surface area contributed by atoms with Crippen molar-refractivity contribution in [3.05, 3.63) is 12.7 Å². The maximum atomic E-state index is 11.0. The highest BCUT2D eigenvalue weighted by Gasteiger charge is 2.10. The van der Waals surface area contributed by atoms with Crippen molar-refractivity contribution in [1.29, 1.82) is 0 Å². The highest BCUT2D eigenvalue weighted by Crippen LogP contribution is 1.98. The third-order valence-corrected chi connectivity index (χ3v) is 1.66. The number of hydrogen-bond acceptors (Lipinski definition) is 4. The van der Waals surface area contributed by atoms with Gasteiger partial charge in [0.05, 0.1) is 13.2 Å². The van der Waals surface area contributed by atoms with E-state index in [9.17, 15) is 9.59 Å². The lowest BCUT2D eigenvalue weighted by molar-refractivity contribution is -0.154. The summed E-state index contributed by atoms with van der Waals surface area (Å²) in [6.45, 7) is 5.91. The fourth-order valence-corrected chi connectivity index (χ4v) is 0.958. The molecular formula is C11H18O4. The molecule has 0 atom stereocenters. The van der Waals surface area contributed by atoms with Crippen molar-refractivity contribution < 1.29 is 19.1 Å². The van der Waals surface area contributed by atoms with E-state index in [2.05, 4.69) is 11.3 Å². The van der Waals surface area contributed by atoms with Crippen LogP contribution in [0.1, 0.15) is 32.6 Å². The van der Waals surface area contributed by atoms with Crippen LogP contribution in [0.4, 0.5) is 0 Å². The maximum Gasteiger partial charge on any atom is 0.317 e. The van der Waals surface area contributed by atoms with Crippen LogP contribution in [0.3, 0.4) is 0 Å². The van der Waals surface area contributed by atoms with Crippen molar-refractivity contribution in [2.24, 2.45) is 0 Å². The third kappa shape index (κ3) is 9.00. The van der Waals surface area contributed by atoms with Gasteiger partial charge >= 0.3 is 11.9 Å². The molecule has 0 aromatic rings. The molecule has 0 amide bonds. The highest BCUT2D eigenvalue weighted by molar-refractivity contribution is 5.91. The number of unbranched alkanes of at least 4 members (excludes halogenated alkanes) is 2. The Morgan fingerprint density at radius 1 is 1.20 bits per heavy atom. The van der Waals surface area contributed by atoms with E-state index in [0.29, 0.717) is 6.61 Å². The topological polar surface area (TPSA) is 52.6 Å². The number of hydrogen-bond donors (Lipinski definition) is 0. The Labute approximate surface area is 90.2 Å². The Morgan fingerprint density at radius 3 is 2.47 bits per heavy atom. The molecule has 0 spiro atoms. The van der Waals surface area contributed by atoms with Crippen molar-refractivity contribution in [2.45, 2.75) is 32.6 Å². The van der Waals surface area contributed by atoms with Crippen molar-refractivity contribution in [2.75, 3.05) is 13.2 Å². The summed E-state index contributed by atoms with van der Waals surface area (Å²) in [7, 11) is 0. The summed E-state index contributed by atoms with van der Waals surface area (Å²) >= 11 is 0. The Balaban J connectivity index is 3.40. The molecule has 0 N–H and O–H groups in total. The summed E-state index contributed by atoms with van der Waals surface area (Å²) in [6.07, 6.45) is 4.17. The Bertz CT molecular complexity index is 211. The largest absolute Gasteiger partial charge is 0.466 e. The molecule has 0 aromatic heterocycles. The molecule has 0 saturated carbocycles. The van der Waals surface area contributed by atoms with Crippen LogP contribution in [-0.2, 0) is 19.1 Å². The van der Waals surface area contributed by atoms with Gasteiger partial charge in [-0.25, -0.2) is 0 Å². The van der Waals surface area contributed by atoms with Crippen LogP contribution in [0.25, 0.3) is 0 Å². The molecule has 0 heterocycles. The van der Waals surface area contributed by atoms with Gasteiger partial charge in [0.15, 0.2) is 0 Å². The molecule has 0 rings (SSSR count). The van der Waals surface area contributed by atoms with Crippen LogP contribution in [0.2, 0.25) is 0 Å². The molecule has 0 saturated heterocycles. The molecule has 0 aliphatic carbocycles. The van der Waals surface area contributed by atoms with Gasteiger partial charge in [0.2, 0.25) is 0 Å². The third-order valence-electron chi connectivity index (χ3n) is 1.66. The number of esters is 2. The monoisotopic (exact) mass is 214 g/mol. The molecule has 0 radical (unpaired) electrons. The Hall–Kier alpha value is -1.32. The van der Waals surface area contributed by atoms with E-state index in [4.69, 9.17) is 4.74 Å². The summed E-state index contributed by atoms with van der Waals surface area (Å²) in [5, 5.41) is 0. The molecule has 0 aliphatic rings. The summed E-state index contributed by atoms with van der Waals surface area (Å²) in [5.41, 5.74) is 0. The minimum Gasteiger partial charge on any atom is -0.466 e. The molecule has 15 heavy (non-hydrogen) atoms. The first-order chi connectivity index (χ1) is 7.20. The minimum atomic E-state index is -0.534. The molecule has 0 aromatic carbocycles. The second-order valence-corrected chi connectivity index (χ2v) is 2.99. The van der Waals surface area contributed by atoms with Gasteiger partial charge in [0.1, 0.15) is 6.42 Å². The number of allylic oxidation sites excluding steroid dienone is 1. The second-order valence-electron chi connectivity index (χ2n) is 2.99. The number of carbonyl (C=O) groups excluding carboxylic acids is 2. The van der Waals surface area contributed by atoms with Crippen molar-refractivity contribution in [1.82, 2.24) is 0 Å². The van der Waals surface area contributed by atoms with Gasteiger partial charge in [-0.05, 0) is 26.2 Å². The molecule has 86 valence electrons. The number of ether oxygens (including phenoxy) is 2. The lowest BCUT2D eigenvalue weighted by atomic mass is 10.2. The van der Waals surface area contributed by atoms with E-state index in [1.807, 2.05) is 6.08 Å². The minimum absolute atomic E-state index is 0.283. The van der Waals surface area contributed by atoms with E-state index < -0.39 is 11.9 Å². The van der Waals surface area contributed by atoms with Crippen LogP contribution in [0.5, 0.6) is 0 Å². The van der Waals surface area contributed by atoms with Crippen LogP contribution < -0.4 is 0 Å². The van der Waals surface area contributed by atoms with Gasteiger partial charge in [-0.1, -0.05) is 6.08 Å². The summed E-state index contributed by atoms with van der Waals surface area (Å²) in [4.78, 5) is 21.9. The van der Waals surface area contributed by atoms with Crippen molar-refractivity contribution in [3.8, 4) is 0 Å². The van der Waals surface area contributed by atoms with E-state index in [1.54, 1.807) is 6.92 Å². The Morgan fingerprint density at radius 2 is 1.87 bits per heavy atom. The van der Waals surface area contributed by atoms with Crippen LogP contribution in [0.15, 0.2) is 12.7 Å². The normalized spacial score (nSPS) is 9.40. The standard InChI is InChI=1S/C11H18O4/c1-3-5-6-7-8-15-11(13)9-10(12)14-4-2/h3H,1,4-9H2,2H3. The second kappa shape index (κ2) is 9.24. The summed E-state index contributed by atoms with van der Waals surface area (Å²) in [6, 6.07) is 0. The van der Waals surface area contributed by atoms with Gasteiger partial charge in [-0.15, -0.1) is 6.58 Å². The molecular weight excluding hydrogens is 196 g/mol. The molecule has 0 unspecified atom stereocenters. The van der Waals surface area contributed by atoms with E-state index in [1.165, 1.54) is 0 Å². The van der Waals surface area contributed by atoms with E-state index in [-0.39, 0.29) is 13.0 Å². The average Bonchev–Trinajstić information content (AvgIpc) is 2.17. The Kier molecular flexibility index (Phi) is 8.43. The predicted octanol–water partition coefficient (Wildman–Crippen LogP) is 1.84. The zero-order valence-electron chi connectivity index (χ0n) is 9.16. The lowest BCUT2D eigenvalue weighted by Crippen LogP contribution is -2.14. The fourth-order valence-electron chi connectivity index (χ4n) is 0.958. The van der Waals surface area contributed by atoms with Crippen LogP contribution in [0, 0.1) is 0 Å². The first kappa shape index (κ1) is 13.7. The summed E-state index contributed by atoms with van der Waals surface area (Å²) < 4.78 is 9.44. The van der Waals surface area contributed by atoms with Crippen LogP contribution >= 0.6 is 0 Å². The van der Waals surface area contributed by atoms with Gasteiger partial charge in [0, 0.05) is 0 Å². The lowest BCUT2D eigenvalue weighted by Gasteiger charge is -2.03. The van der Waals surface area contributed by atoms with E-state index in [0.717, 1.165) is 19.3 Å².